The number of hydrogen-bond acceptors (Lipinski definition) is 4. The molecule has 0 aliphatic rings. The van der Waals surface area contributed by atoms with Crippen LogP contribution in [0, 0.1) is 0 Å². The lowest BCUT2D eigenvalue weighted by Gasteiger charge is -2.00. The minimum atomic E-state index is -0.224. The summed E-state index contributed by atoms with van der Waals surface area (Å²) in [6, 6.07) is 15.5. The van der Waals surface area contributed by atoms with Crippen molar-refractivity contribution in [1.29, 1.82) is 0 Å². The Bertz CT molecular complexity index is 884. The van der Waals surface area contributed by atoms with E-state index < -0.39 is 0 Å². The molecule has 0 spiro atoms. The molecule has 2 aromatic carbocycles. The van der Waals surface area contributed by atoms with Crippen molar-refractivity contribution >= 4 is 22.8 Å². The van der Waals surface area contributed by atoms with Crippen LogP contribution in [0.1, 0.15) is 16.1 Å². The van der Waals surface area contributed by atoms with Gasteiger partial charge in [0.05, 0.1) is 5.52 Å². The van der Waals surface area contributed by atoms with Gasteiger partial charge in [-0.1, -0.05) is 36.4 Å². The Hall–Kier alpha value is -3.14. The first-order valence-electron chi connectivity index (χ1n) is 6.74. The van der Waals surface area contributed by atoms with Crippen molar-refractivity contribution in [3.8, 4) is 11.5 Å². The molecule has 0 fully saturated rings. The zero-order chi connectivity index (χ0) is 15.5. The molecule has 2 N–H and O–H groups in total. The Morgan fingerprint density at radius 1 is 0.955 bits per heavy atom. The van der Waals surface area contributed by atoms with Crippen LogP contribution in [0.4, 0.5) is 0 Å². The lowest BCUT2D eigenvalue weighted by atomic mass is 10.1. The normalized spacial score (nSPS) is 11.1. The summed E-state index contributed by atoms with van der Waals surface area (Å²) in [7, 11) is 0. The number of aromatic hydroxyl groups is 2. The van der Waals surface area contributed by atoms with Gasteiger partial charge in [0.2, 0.25) is 5.78 Å². The third kappa shape index (κ3) is 2.81. The molecule has 0 atom stereocenters. The molecular formula is C18H13NO3. The fraction of sp³-hybridized carbons (Fsp3) is 0. The van der Waals surface area contributed by atoms with Crippen LogP contribution < -0.4 is 0 Å². The quantitative estimate of drug-likeness (QED) is 0.440. The summed E-state index contributed by atoms with van der Waals surface area (Å²) in [5, 5.41) is 19.6. The maximum atomic E-state index is 12.2. The van der Waals surface area contributed by atoms with Gasteiger partial charge >= 0.3 is 0 Å². The van der Waals surface area contributed by atoms with Crippen LogP contribution in [0.15, 0.2) is 60.7 Å². The highest BCUT2D eigenvalue weighted by Crippen LogP contribution is 2.25. The van der Waals surface area contributed by atoms with Crippen molar-refractivity contribution in [2.24, 2.45) is 0 Å². The number of carbonyl (C=O) groups excluding carboxylic acids is 1. The first-order valence-corrected chi connectivity index (χ1v) is 6.74. The number of allylic oxidation sites excluding steroid dienone is 1. The molecule has 0 unspecified atom stereocenters. The van der Waals surface area contributed by atoms with E-state index in [2.05, 4.69) is 4.98 Å². The molecule has 108 valence electrons. The molecule has 0 saturated carbocycles. The Labute approximate surface area is 127 Å². The van der Waals surface area contributed by atoms with Crippen LogP contribution in [0.25, 0.3) is 17.0 Å². The van der Waals surface area contributed by atoms with Crippen LogP contribution >= 0.6 is 0 Å². The van der Waals surface area contributed by atoms with E-state index in [4.69, 9.17) is 0 Å². The molecule has 3 aromatic rings. The SMILES string of the molecule is O=C(C=Cc1ccc(O)c(O)c1)c1ccc2ccccc2n1. The molecule has 1 heterocycles. The van der Waals surface area contributed by atoms with Gasteiger partial charge in [0.15, 0.2) is 11.5 Å². The highest BCUT2D eigenvalue weighted by molar-refractivity contribution is 6.06. The second kappa shape index (κ2) is 5.69. The highest BCUT2D eigenvalue weighted by Gasteiger charge is 2.05. The predicted octanol–water partition coefficient (Wildman–Crippen LogP) is 3.54. The first kappa shape index (κ1) is 13.8. The Kier molecular flexibility index (Phi) is 3.58. The van der Waals surface area contributed by atoms with Crippen LogP contribution in [-0.2, 0) is 0 Å². The topological polar surface area (TPSA) is 70.4 Å². The minimum Gasteiger partial charge on any atom is -0.504 e. The van der Waals surface area contributed by atoms with Gasteiger partial charge < -0.3 is 10.2 Å². The van der Waals surface area contributed by atoms with E-state index in [-0.39, 0.29) is 17.3 Å². The highest BCUT2D eigenvalue weighted by atomic mass is 16.3. The number of phenols is 2. The summed E-state index contributed by atoms with van der Waals surface area (Å²) in [5.74, 6) is -0.642. The average molecular weight is 291 g/mol. The van der Waals surface area contributed by atoms with E-state index in [0.29, 0.717) is 11.3 Å². The van der Waals surface area contributed by atoms with Gasteiger partial charge in [-0.05, 0) is 35.9 Å². The molecule has 3 rings (SSSR count). The second-order valence-corrected chi connectivity index (χ2v) is 4.83. The molecule has 0 amide bonds. The van der Waals surface area contributed by atoms with Gasteiger partial charge in [-0.15, -0.1) is 0 Å². The fourth-order valence-electron chi connectivity index (χ4n) is 2.10. The molecule has 0 aliphatic heterocycles. The standard InChI is InChI=1S/C18H13NO3/c20-16(9-5-12-6-10-17(21)18(22)11-12)15-8-7-13-3-1-2-4-14(13)19-15/h1-11,21-22H. The summed E-state index contributed by atoms with van der Waals surface area (Å²) in [5.41, 5.74) is 1.74. The van der Waals surface area contributed by atoms with E-state index in [0.717, 1.165) is 10.9 Å². The molecule has 22 heavy (non-hydrogen) atoms. The number of phenolic OH excluding ortho intramolecular Hbond substituents is 2. The number of aromatic nitrogens is 1. The van der Waals surface area contributed by atoms with E-state index >= 15 is 0 Å². The third-order valence-electron chi connectivity index (χ3n) is 3.28. The molecular weight excluding hydrogens is 278 g/mol. The smallest absolute Gasteiger partial charge is 0.204 e. The monoisotopic (exact) mass is 291 g/mol. The number of ketones is 1. The minimum absolute atomic E-state index is 0.195. The summed E-state index contributed by atoms with van der Waals surface area (Å²) >= 11 is 0. The van der Waals surface area contributed by atoms with E-state index in [1.165, 1.54) is 18.2 Å². The predicted molar refractivity (Wildman–Crippen MR) is 84.9 cm³/mol. The van der Waals surface area contributed by atoms with Crippen molar-refractivity contribution in [3.05, 3.63) is 71.9 Å². The molecule has 0 radical (unpaired) electrons. The van der Waals surface area contributed by atoms with Gasteiger partial charge in [-0.3, -0.25) is 4.79 Å². The zero-order valence-electron chi connectivity index (χ0n) is 11.6. The van der Waals surface area contributed by atoms with E-state index in [9.17, 15) is 15.0 Å². The third-order valence-corrected chi connectivity index (χ3v) is 3.28. The van der Waals surface area contributed by atoms with E-state index in [1.807, 2.05) is 30.3 Å². The number of pyridine rings is 1. The van der Waals surface area contributed by atoms with Crippen LogP contribution in [-0.4, -0.2) is 21.0 Å². The molecule has 4 heteroatoms. The van der Waals surface area contributed by atoms with Gasteiger partial charge in [-0.2, -0.15) is 0 Å². The lowest BCUT2D eigenvalue weighted by Crippen LogP contribution is -1.98. The number of fused-ring (bicyclic) bond motifs is 1. The van der Waals surface area contributed by atoms with E-state index in [1.54, 1.807) is 18.2 Å². The number of nitrogens with zero attached hydrogens (tertiary/aromatic N) is 1. The first-order chi connectivity index (χ1) is 10.6. The van der Waals surface area contributed by atoms with Gasteiger partial charge in [0.1, 0.15) is 5.69 Å². The fourth-order valence-corrected chi connectivity index (χ4v) is 2.10. The van der Waals surface area contributed by atoms with Gasteiger partial charge in [0, 0.05) is 5.39 Å². The number of hydrogen-bond donors (Lipinski definition) is 2. The maximum Gasteiger partial charge on any atom is 0.204 e. The molecule has 0 aliphatic carbocycles. The average Bonchev–Trinajstić information content (AvgIpc) is 2.55. The summed E-state index contributed by atoms with van der Waals surface area (Å²) in [6.07, 6.45) is 2.96. The molecule has 0 bridgehead atoms. The van der Waals surface area contributed by atoms with Crippen LogP contribution in [0.2, 0.25) is 0 Å². The Balaban J connectivity index is 1.85. The zero-order valence-corrected chi connectivity index (χ0v) is 11.6. The van der Waals surface area contributed by atoms with Crippen LogP contribution in [0.5, 0.6) is 11.5 Å². The maximum absolute atomic E-state index is 12.2. The molecule has 0 saturated heterocycles. The number of benzene rings is 2. The summed E-state index contributed by atoms with van der Waals surface area (Å²) in [4.78, 5) is 16.5. The van der Waals surface area contributed by atoms with Crippen molar-refractivity contribution in [3.63, 3.8) is 0 Å². The van der Waals surface area contributed by atoms with Crippen molar-refractivity contribution in [2.75, 3.05) is 0 Å². The molecule has 4 nitrogen and oxygen atoms in total. The summed E-state index contributed by atoms with van der Waals surface area (Å²) in [6.45, 7) is 0. The summed E-state index contributed by atoms with van der Waals surface area (Å²) < 4.78 is 0. The van der Waals surface area contributed by atoms with Crippen LogP contribution in [0.3, 0.4) is 0 Å². The van der Waals surface area contributed by atoms with Crippen molar-refractivity contribution in [2.45, 2.75) is 0 Å². The van der Waals surface area contributed by atoms with Gasteiger partial charge in [-0.25, -0.2) is 4.98 Å². The van der Waals surface area contributed by atoms with Crippen molar-refractivity contribution in [1.82, 2.24) is 4.98 Å². The number of para-hydroxylation sites is 1. The lowest BCUT2D eigenvalue weighted by molar-refractivity contribution is 0.104. The Morgan fingerprint density at radius 2 is 1.77 bits per heavy atom. The Morgan fingerprint density at radius 3 is 2.59 bits per heavy atom. The molecule has 1 aromatic heterocycles. The number of carbonyl (C=O) groups is 1. The van der Waals surface area contributed by atoms with Gasteiger partial charge in [0.25, 0.3) is 0 Å². The number of rotatable bonds is 3. The largest absolute Gasteiger partial charge is 0.504 e. The van der Waals surface area contributed by atoms with Crippen molar-refractivity contribution < 1.29 is 15.0 Å². The second-order valence-electron chi connectivity index (χ2n) is 4.83.